The summed E-state index contributed by atoms with van der Waals surface area (Å²) < 4.78 is 1.39. The molecular formula is C12H11Cl2N3O3S. The van der Waals surface area contributed by atoms with Crippen LogP contribution in [0.3, 0.4) is 0 Å². The highest BCUT2D eigenvalue weighted by atomic mass is 35.5. The van der Waals surface area contributed by atoms with Crippen LogP contribution in [0.4, 0.5) is 0 Å². The number of nitrogens with one attached hydrogen (secondary N) is 1. The fraction of sp³-hybridized carbons (Fsp3) is 0.250. The summed E-state index contributed by atoms with van der Waals surface area (Å²) in [4.78, 5) is 22.2. The average molecular weight is 348 g/mol. The van der Waals surface area contributed by atoms with E-state index in [4.69, 9.17) is 28.3 Å². The highest BCUT2D eigenvalue weighted by Gasteiger charge is 2.11. The monoisotopic (exact) mass is 347 g/mol. The Balaban J connectivity index is 2.10. The molecule has 0 bridgehead atoms. The second-order valence-electron chi connectivity index (χ2n) is 4.13. The molecule has 112 valence electrons. The van der Waals surface area contributed by atoms with Gasteiger partial charge in [0.25, 0.3) is 0 Å². The van der Waals surface area contributed by atoms with Crippen LogP contribution in [0.1, 0.15) is 5.56 Å². The SMILES string of the molecule is O=C(O)CSc1n[nH]c(=O)n1CCc1ccc(Cl)cc1Cl. The minimum atomic E-state index is -0.970. The Morgan fingerprint density at radius 1 is 1.43 bits per heavy atom. The molecule has 2 rings (SSSR count). The number of benzene rings is 1. The maximum absolute atomic E-state index is 11.7. The van der Waals surface area contributed by atoms with Crippen molar-refractivity contribution >= 4 is 40.9 Å². The van der Waals surface area contributed by atoms with Crippen LogP contribution < -0.4 is 5.69 Å². The van der Waals surface area contributed by atoms with Gasteiger partial charge in [0.15, 0.2) is 5.16 Å². The molecule has 0 aliphatic rings. The average Bonchev–Trinajstić information content (AvgIpc) is 2.76. The fourth-order valence-corrected chi connectivity index (χ4v) is 2.89. The fourth-order valence-electron chi connectivity index (χ4n) is 1.69. The first-order chi connectivity index (χ1) is 9.97. The van der Waals surface area contributed by atoms with Gasteiger partial charge in [-0.15, -0.1) is 5.10 Å². The normalized spacial score (nSPS) is 10.8. The Hall–Kier alpha value is -1.44. The first-order valence-electron chi connectivity index (χ1n) is 5.91. The topological polar surface area (TPSA) is 88.0 Å². The maximum Gasteiger partial charge on any atom is 0.343 e. The Morgan fingerprint density at radius 2 is 2.19 bits per heavy atom. The third-order valence-electron chi connectivity index (χ3n) is 2.67. The van der Waals surface area contributed by atoms with Crippen molar-refractivity contribution in [3.63, 3.8) is 0 Å². The van der Waals surface area contributed by atoms with Crippen molar-refractivity contribution in [1.29, 1.82) is 0 Å². The van der Waals surface area contributed by atoms with Gasteiger partial charge in [0, 0.05) is 16.6 Å². The molecule has 0 aliphatic heterocycles. The molecule has 0 saturated carbocycles. The molecule has 0 fully saturated rings. The van der Waals surface area contributed by atoms with Gasteiger partial charge >= 0.3 is 11.7 Å². The smallest absolute Gasteiger partial charge is 0.343 e. The van der Waals surface area contributed by atoms with E-state index in [2.05, 4.69) is 10.2 Å². The van der Waals surface area contributed by atoms with Gasteiger partial charge in [0.1, 0.15) is 0 Å². The number of aromatic amines is 1. The molecule has 6 nitrogen and oxygen atoms in total. The van der Waals surface area contributed by atoms with E-state index in [0.29, 0.717) is 28.2 Å². The second-order valence-corrected chi connectivity index (χ2v) is 5.92. The van der Waals surface area contributed by atoms with E-state index < -0.39 is 5.97 Å². The number of aromatic nitrogens is 3. The van der Waals surface area contributed by atoms with E-state index in [1.54, 1.807) is 18.2 Å². The van der Waals surface area contributed by atoms with Crippen LogP contribution in [0.2, 0.25) is 10.0 Å². The van der Waals surface area contributed by atoms with Gasteiger partial charge in [-0.3, -0.25) is 9.36 Å². The van der Waals surface area contributed by atoms with Crippen molar-refractivity contribution in [2.75, 3.05) is 5.75 Å². The zero-order valence-corrected chi connectivity index (χ0v) is 13.0. The van der Waals surface area contributed by atoms with Gasteiger partial charge in [-0.2, -0.15) is 0 Å². The van der Waals surface area contributed by atoms with E-state index in [-0.39, 0.29) is 11.4 Å². The molecule has 0 radical (unpaired) electrons. The standard InChI is InChI=1S/C12H11Cl2N3O3S/c13-8-2-1-7(9(14)5-8)3-4-17-11(20)15-16-12(17)21-6-10(18)19/h1-2,5H,3-4,6H2,(H,15,20)(H,18,19). The number of H-pyrrole nitrogens is 1. The molecule has 1 aromatic carbocycles. The summed E-state index contributed by atoms with van der Waals surface area (Å²) in [7, 11) is 0. The van der Waals surface area contributed by atoms with E-state index >= 15 is 0 Å². The lowest BCUT2D eigenvalue weighted by Gasteiger charge is -2.07. The number of hydrogen-bond acceptors (Lipinski definition) is 4. The Morgan fingerprint density at radius 3 is 2.86 bits per heavy atom. The third-order valence-corrected chi connectivity index (χ3v) is 4.22. The molecule has 0 spiro atoms. The molecule has 2 N–H and O–H groups in total. The maximum atomic E-state index is 11.7. The lowest BCUT2D eigenvalue weighted by molar-refractivity contribution is -0.133. The number of carboxylic acids is 1. The second kappa shape index (κ2) is 7.02. The number of hydrogen-bond donors (Lipinski definition) is 2. The molecule has 1 aromatic heterocycles. The van der Waals surface area contributed by atoms with E-state index in [9.17, 15) is 9.59 Å². The third kappa shape index (κ3) is 4.26. The van der Waals surface area contributed by atoms with Gasteiger partial charge in [0.2, 0.25) is 0 Å². The molecule has 0 atom stereocenters. The Labute approximate surface area is 134 Å². The number of halogens is 2. The predicted octanol–water partition coefficient (Wildman–Crippen LogP) is 2.30. The Kier molecular flexibility index (Phi) is 5.33. The highest BCUT2D eigenvalue weighted by Crippen LogP contribution is 2.22. The molecular weight excluding hydrogens is 337 g/mol. The van der Waals surface area contributed by atoms with Gasteiger partial charge < -0.3 is 5.11 Å². The number of carbonyl (C=O) groups is 1. The molecule has 21 heavy (non-hydrogen) atoms. The molecule has 2 aromatic rings. The van der Waals surface area contributed by atoms with Gasteiger partial charge in [-0.25, -0.2) is 9.89 Å². The van der Waals surface area contributed by atoms with Crippen molar-refractivity contribution in [2.45, 2.75) is 18.1 Å². The van der Waals surface area contributed by atoms with Crippen LogP contribution in [0, 0.1) is 0 Å². The van der Waals surface area contributed by atoms with Crippen LogP contribution in [-0.4, -0.2) is 31.6 Å². The van der Waals surface area contributed by atoms with Crippen LogP contribution in [0.25, 0.3) is 0 Å². The molecule has 9 heteroatoms. The summed E-state index contributed by atoms with van der Waals surface area (Å²) in [6.07, 6.45) is 0.510. The van der Waals surface area contributed by atoms with Crippen LogP contribution in [0.5, 0.6) is 0 Å². The lowest BCUT2D eigenvalue weighted by Crippen LogP contribution is -2.19. The number of thioether (sulfide) groups is 1. The number of aryl methyl sites for hydroxylation is 1. The van der Waals surface area contributed by atoms with Crippen LogP contribution in [-0.2, 0) is 17.8 Å². The number of aliphatic carboxylic acids is 1. The lowest BCUT2D eigenvalue weighted by atomic mass is 10.1. The molecule has 0 saturated heterocycles. The summed E-state index contributed by atoms with van der Waals surface area (Å²) in [5.41, 5.74) is 0.469. The summed E-state index contributed by atoms with van der Waals surface area (Å²) in [6, 6.07) is 5.15. The number of rotatable bonds is 6. The molecule has 0 aliphatic carbocycles. The van der Waals surface area contributed by atoms with Gasteiger partial charge in [0.05, 0.1) is 5.75 Å². The predicted molar refractivity (Wildman–Crippen MR) is 81.4 cm³/mol. The molecule has 0 unspecified atom stereocenters. The minimum Gasteiger partial charge on any atom is -0.481 e. The van der Waals surface area contributed by atoms with Crippen LogP contribution in [0.15, 0.2) is 28.2 Å². The number of carboxylic acid groups (broad SMARTS) is 1. The van der Waals surface area contributed by atoms with Crippen molar-refractivity contribution < 1.29 is 9.90 Å². The first-order valence-corrected chi connectivity index (χ1v) is 7.65. The van der Waals surface area contributed by atoms with Crippen molar-refractivity contribution in [1.82, 2.24) is 14.8 Å². The van der Waals surface area contributed by atoms with Crippen molar-refractivity contribution in [3.8, 4) is 0 Å². The van der Waals surface area contributed by atoms with Crippen LogP contribution >= 0.6 is 35.0 Å². The minimum absolute atomic E-state index is 0.161. The van der Waals surface area contributed by atoms with E-state index in [1.165, 1.54) is 4.57 Å². The highest BCUT2D eigenvalue weighted by molar-refractivity contribution is 7.99. The van der Waals surface area contributed by atoms with Crippen molar-refractivity contribution in [2.24, 2.45) is 0 Å². The summed E-state index contributed by atoms with van der Waals surface area (Å²) in [6.45, 7) is 0.346. The largest absolute Gasteiger partial charge is 0.481 e. The summed E-state index contributed by atoms with van der Waals surface area (Å²) in [5.74, 6) is -1.13. The molecule has 1 heterocycles. The van der Waals surface area contributed by atoms with Crippen molar-refractivity contribution in [3.05, 3.63) is 44.3 Å². The van der Waals surface area contributed by atoms with Gasteiger partial charge in [-0.1, -0.05) is 41.0 Å². The first kappa shape index (κ1) is 15.9. The van der Waals surface area contributed by atoms with E-state index in [1.807, 2.05) is 0 Å². The zero-order chi connectivity index (χ0) is 15.4. The number of nitrogens with zero attached hydrogens (tertiary/aromatic N) is 2. The summed E-state index contributed by atoms with van der Waals surface area (Å²) in [5, 5.41) is 16.2. The van der Waals surface area contributed by atoms with Gasteiger partial charge in [-0.05, 0) is 24.1 Å². The quantitative estimate of drug-likeness (QED) is 0.782. The zero-order valence-electron chi connectivity index (χ0n) is 10.7. The molecule has 0 amide bonds. The Bertz CT molecular complexity index is 714. The van der Waals surface area contributed by atoms with E-state index in [0.717, 1.165) is 17.3 Å². The summed E-state index contributed by atoms with van der Waals surface area (Å²) >= 11 is 12.9.